The van der Waals surface area contributed by atoms with Gasteiger partial charge in [-0.15, -0.1) is 0 Å². The number of hydrogen-bond donors (Lipinski definition) is 0. The molecule has 0 aliphatic heterocycles. The fourth-order valence-corrected chi connectivity index (χ4v) is 2.50. The van der Waals surface area contributed by atoms with Gasteiger partial charge in [-0.25, -0.2) is 9.97 Å². The standard InChI is InChI=1S/C17H16ClN3/c1-10(2)17-20-14(11(3)16(18)21-17)13-8-4-6-12-7-5-9-19-15(12)13/h4-10H,1-3H3. The van der Waals surface area contributed by atoms with Gasteiger partial charge in [0.05, 0.1) is 11.2 Å². The lowest BCUT2D eigenvalue weighted by molar-refractivity contribution is 0.773. The number of rotatable bonds is 2. The highest BCUT2D eigenvalue weighted by Gasteiger charge is 2.15. The van der Waals surface area contributed by atoms with Crippen molar-refractivity contribution in [3.63, 3.8) is 0 Å². The molecule has 0 radical (unpaired) electrons. The molecule has 4 heteroatoms. The number of nitrogens with zero attached hydrogens (tertiary/aromatic N) is 3. The minimum absolute atomic E-state index is 0.227. The van der Waals surface area contributed by atoms with E-state index in [1.54, 1.807) is 6.20 Å². The van der Waals surface area contributed by atoms with Crippen LogP contribution < -0.4 is 0 Å². The van der Waals surface area contributed by atoms with E-state index in [1.807, 2.05) is 37.3 Å². The van der Waals surface area contributed by atoms with E-state index >= 15 is 0 Å². The Morgan fingerprint density at radius 3 is 2.57 bits per heavy atom. The van der Waals surface area contributed by atoms with Crippen LogP contribution in [-0.2, 0) is 0 Å². The molecule has 0 saturated carbocycles. The molecule has 1 aromatic carbocycles. The van der Waals surface area contributed by atoms with Crippen LogP contribution in [0, 0.1) is 6.92 Å². The largest absolute Gasteiger partial charge is 0.256 e. The molecule has 3 aromatic rings. The fourth-order valence-electron chi connectivity index (χ4n) is 2.32. The van der Waals surface area contributed by atoms with Crippen LogP contribution in [0.5, 0.6) is 0 Å². The van der Waals surface area contributed by atoms with Gasteiger partial charge in [0, 0.05) is 28.6 Å². The second kappa shape index (κ2) is 5.41. The van der Waals surface area contributed by atoms with Crippen molar-refractivity contribution >= 4 is 22.5 Å². The van der Waals surface area contributed by atoms with Crippen molar-refractivity contribution in [3.05, 3.63) is 53.1 Å². The van der Waals surface area contributed by atoms with E-state index in [0.717, 1.165) is 33.5 Å². The molecule has 3 rings (SSSR count). The Hall–Kier alpha value is -2.00. The summed E-state index contributed by atoms with van der Waals surface area (Å²) in [4.78, 5) is 13.6. The number of pyridine rings is 1. The highest BCUT2D eigenvalue weighted by atomic mass is 35.5. The zero-order valence-corrected chi connectivity index (χ0v) is 13.0. The van der Waals surface area contributed by atoms with Crippen LogP contribution in [-0.4, -0.2) is 15.0 Å². The third-order valence-corrected chi connectivity index (χ3v) is 3.88. The molecule has 0 spiro atoms. The summed E-state index contributed by atoms with van der Waals surface area (Å²) in [6.07, 6.45) is 1.80. The zero-order valence-electron chi connectivity index (χ0n) is 12.3. The molecule has 0 amide bonds. The Balaban J connectivity index is 2.32. The van der Waals surface area contributed by atoms with E-state index in [-0.39, 0.29) is 5.92 Å². The maximum absolute atomic E-state index is 6.29. The van der Waals surface area contributed by atoms with Gasteiger partial charge in [0.1, 0.15) is 11.0 Å². The third-order valence-electron chi connectivity index (χ3n) is 3.51. The second-order valence-electron chi connectivity index (χ2n) is 5.38. The van der Waals surface area contributed by atoms with Crippen LogP contribution in [0.1, 0.15) is 31.2 Å². The molecule has 0 N–H and O–H groups in total. The van der Waals surface area contributed by atoms with Crippen LogP contribution in [0.2, 0.25) is 5.15 Å². The van der Waals surface area contributed by atoms with E-state index in [1.165, 1.54) is 0 Å². The summed E-state index contributed by atoms with van der Waals surface area (Å²) in [5.41, 5.74) is 3.69. The SMILES string of the molecule is Cc1c(Cl)nc(C(C)C)nc1-c1cccc2cccnc12. The number of benzene rings is 1. The maximum atomic E-state index is 6.29. The molecule has 3 nitrogen and oxygen atoms in total. The quantitative estimate of drug-likeness (QED) is 0.639. The average molecular weight is 298 g/mol. The van der Waals surface area contributed by atoms with E-state index in [9.17, 15) is 0 Å². The van der Waals surface area contributed by atoms with Gasteiger partial charge in [-0.05, 0) is 13.0 Å². The van der Waals surface area contributed by atoms with Gasteiger partial charge < -0.3 is 0 Å². The van der Waals surface area contributed by atoms with Crippen LogP contribution in [0.3, 0.4) is 0 Å². The first kappa shape index (κ1) is 14.0. The molecule has 0 atom stereocenters. The number of halogens is 1. The molecule has 2 aromatic heterocycles. The van der Waals surface area contributed by atoms with E-state index in [2.05, 4.69) is 23.8 Å². The number of fused-ring (bicyclic) bond motifs is 1. The number of para-hydroxylation sites is 1. The summed E-state index contributed by atoms with van der Waals surface area (Å²) in [5.74, 6) is 0.985. The molecule has 0 fully saturated rings. The van der Waals surface area contributed by atoms with E-state index in [0.29, 0.717) is 5.15 Å². The van der Waals surface area contributed by atoms with Crippen molar-refractivity contribution in [2.24, 2.45) is 0 Å². The summed E-state index contributed by atoms with van der Waals surface area (Å²) in [5, 5.41) is 1.60. The smallest absolute Gasteiger partial charge is 0.136 e. The summed E-state index contributed by atoms with van der Waals surface area (Å²) < 4.78 is 0. The summed E-state index contributed by atoms with van der Waals surface area (Å²) in [7, 11) is 0. The average Bonchev–Trinajstić information content (AvgIpc) is 2.49. The molecule has 0 saturated heterocycles. The van der Waals surface area contributed by atoms with Crippen molar-refractivity contribution in [1.82, 2.24) is 15.0 Å². The summed E-state index contributed by atoms with van der Waals surface area (Å²) >= 11 is 6.29. The molecule has 0 unspecified atom stereocenters. The zero-order chi connectivity index (χ0) is 15.0. The highest BCUT2D eigenvalue weighted by Crippen LogP contribution is 2.31. The van der Waals surface area contributed by atoms with Crippen molar-refractivity contribution < 1.29 is 0 Å². The number of hydrogen-bond acceptors (Lipinski definition) is 3. The highest BCUT2D eigenvalue weighted by molar-refractivity contribution is 6.30. The molecule has 21 heavy (non-hydrogen) atoms. The van der Waals surface area contributed by atoms with Crippen molar-refractivity contribution in [1.29, 1.82) is 0 Å². The Morgan fingerprint density at radius 1 is 1.05 bits per heavy atom. The van der Waals surface area contributed by atoms with Gasteiger partial charge in [0.2, 0.25) is 0 Å². The lowest BCUT2D eigenvalue weighted by Crippen LogP contribution is -2.03. The molecule has 106 valence electrons. The monoisotopic (exact) mass is 297 g/mol. The normalized spacial score (nSPS) is 11.3. The lowest BCUT2D eigenvalue weighted by Gasteiger charge is -2.12. The van der Waals surface area contributed by atoms with Crippen LogP contribution in [0.25, 0.3) is 22.2 Å². The second-order valence-corrected chi connectivity index (χ2v) is 5.74. The van der Waals surface area contributed by atoms with Crippen LogP contribution in [0.4, 0.5) is 0 Å². The van der Waals surface area contributed by atoms with Crippen LogP contribution >= 0.6 is 11.6 Å². The first-order valence-corrected chi connectivity index (χ1v) is 7.34. The van der Waals surface area contributed by atoms with Crippen molar-refractivity contribution in [3.8, 4) is 11.3 Å². The van der Waals surface area contributed by atoms with Crippen molar-refractivity contribution in [2.75, 3.05) is 0 Å². The first-order valence-electron chi connectivity index (χ1n) is 6.96. The third kappa shape index (κ3) is 2.49. The maximum Gasteiger partial charge on any atom is 0.136 e. The molecule has 0 bridgehead atoms. The molecule has 2 heterocycles. The minimum atomic E-state index is 0.227. The van der Waals surface area contributed by atoms with Gasteiger partial charge in [-0.3, -0.25) is 4.98 Å². The summed E-state index contributed by atoms with van der Waals surface area (Å²) in [6.45, 7) is 6.07. The van der Waals surface area contributed by atoms with Gasteiger partial charge in [0.15, 0.2) is 0 Å². The Kier molecular flexibility index (Phi) is 3.60. The topological polar surface area (TPSA) is 38.7 Å². The van der Waals surface area contributed by atoms with Crippen molar-refractivity contribution in [2.45, 2.75) is 26.7 Å². The first-order chi connectivity index (χ1) is 10.1. The Morgan fingerprint density at radius 2 is 1.81 bits per heavy atom. The van der Waals surface area contributed by atoms with Gasteiger partial charge in [-0.1, -0.05) is 49.7 Å². The predicted octanol–water partition coefficient (Wildman–Crippen LogP) is 4.78. The van der Waals surface area contributed by atoms with E-state index < -0.39 is 0 Å². The molecule has 0 aliphatic carbocycles. The minimum Gasteiger partial charge on any atom is -0.256 e. The van der Waals surface area contributed by atoms with E-state index in [4.69, 9.17) is 16.6 Å². The van der Waals surface area contributed by atoms with Crippen LogP contribution in [0.15, 0.2) is 36.5 Å². The van der Waals surface area contributed by atoms with Gasteiger partial charge >= 0.3 is 0 Å². The lowest BCUT2D eigenvalue weighted by atomic mass is 10.0. The Labute approximate surface area is 129 Å². The van der Waals surface area contributed by atoms with Gasteiger partial charge in [-0.2, -0.15) is 0 Å². The molecular weight excluding hydrogens is 282 g/mol. The van der Waals surface area contributed by atoms with Gasteiger partial charge in [0.25, 0.3) is 0 Å². The number of aromatic nitrogens is 3. The molecular formula is C17H16ClN3. The fraction of sp³-hybridized carbons (Fsp3) is 0.235. The predicted molar refractivity (Wildman–Crippen MR) is 86.6 cm³/mol. The summed E-state index contributed by atoms with van der Waals surface area (Å²) in [6, 6.07) is 10.1. The Bertz CT molecular complexity index is 807. The molecule has 0 aliphatic rings.